The number of amides is 1. The molecule has 2 heterocycles. The number of nitrogens with one attached hydrogen (secondary N) is 1. The predicted octanol–water partition coefficient (Wildman–Crippen LogP) is 3.78. The molecule has 1 fully saturated rings. The van der Waals surface area contributed by atoms with Crippen LogP contribution in [0.5, 0.6) is 0 Å². The molecule has 148 valence electrons. The lowest BCUT2D eigenvalue weighted by atomic mass is 10.2. The maximum Gasteiger partial charge on any atom is 0.257 e. The minimum absolute atomic E-state index is 0.159. The molecule has 7 heteroatoms. The van der Waals surface area contributed by atoms with Crippen LogP contribution in [0.2, 0.25) is 0 Å². The first kappa shape index (κ1) is 19.3. The van der Waals surface area contributed by atoms with E-state index < -0.39 is 0 Å². The number of thioether (sulfide) groups is 1. The van der Waals surface area contributed by atoms with Crippen LogP contribution in [0.15, 0.2) is 71.9 Å². The summed E-state index contributed by atoms with van der Waals surface area (Å²) in [5.74, 6) is 1.19. The number of rotatable bonds is 5. The van der Waals surface area contributed by atoms with Crippen LogP contribution in [0, 0.1) is 0 Å². The van der Waals surface area contributed by atoms with Gasteiger partial charge in [-0.3, -0.25) is 4.79 Å². The van der Waals surface area contributed by atoms with Crippen molar-refractivity contribution in [2.45, 2.75) is 4.90 Å². The lowest BCUT2D eigenvalue weighted by Crippen LogP contribution is -2.46. The molecule has 0 aliphatic carbocycles. The van der Waals surface area contributed by atoms with Crippen molar-refractivity contribution in [2.24, 2.45) is 0 Å². The van der Waals surface area contributed by atoms with Gasteiger partial charge in [-0.05, 0) is 30.5 Å². The van der Waals surface area contributed by atoms with Gasteiger partial charge in [0.1, 0.15) is 18.0 Å². The normalized spacial score (nSPS) is 14.0. The van der Waals surface area contributed by atoms with Crippen molar-refractivity contribution >= 4 is 35.0 Å². The molecule has 1 aromatic heterocycles. The van der Waals surface area contributed by atoms with Gasteiger partial charge in [0.05, 0.1) is 5.56 Å². The highest BCUT2D eigenvalue weighted by molar-refractivity contribution is 7.98. The zero-order chi connectivity index (χ0) is 20.1. The Bertz CT molecular complexity index is 974. The summed E-state index contributed by atoms with van der Waals surface area (Å²) in [6.07, 6.45) is 3.47. The van der Waals surface area contributed by atoms with Gasteiger partial charge in [0, 0.05) is 42.8 Å². The van der Waals surface area contributed by atoms with E-state index in [9.17, 15) is 4.79 Å². The average Bonchev–Trinajstić information content (AvgIpc) is 2.80. The molecule has 1 N–H and O–H groups in total. The van der Waals surface area contributed by atoms with E-state index in [1.165, 1.54) is 12.0 Å². The molecule has 1 aliphatic heterocycles. The zero-order valence-electron chi connectivity index (χ0n) is 16.3. The molecule has 2 aromatic carbocycles. The van der Waals surface area contributed by atoms with E-state index >= 15 is 0 Å². The molecule has 4 rings (SSSR count). The number of hydrogen-bond acceptors (Lipinski definition) is 6. The fourth-order valence-electron chi connectivity index (χ4n) is 3.44. The Hall–Kier alpha value is -3.06. The molecular weight excluding hydrogens is 382 g/mol. The van der Waals surface area contributed by atoms with E-state index in [0.717, 1.165) is 36.9 Å². The van der Waals surface area contributed by atoms with Crippen molar-refractivity contribution in [3.05, 3.63) is 72.6 Å². The van der Waals surface area contributed by atoms with Crippen LogP contribution in [0.3, 0.4) is 0 Å². The van der Waals surface area contributed by atoms with Crippen LogP contribution < -0.4 is 15.1 Å². The molecular formula is C22H23N5OS. The number of anilines is 3. The molecule has 1 saturated heterocycles. The monoisotopic (exact) mass is 405 g/mol. The van der Waals surface area contributed by atoms with Crippen molar-refractivity contribution in [3.63, 3.8) is 0 Å². The Labute approximate surface area is 175 Å². The quantitative estimate of drug-likeness (QED) is 0.652. The van der Waals surface area contributed by atoms with E-state index in [0.29, 0.717) is 11.4 Å². The van der Waals surface area contributed by atoms with Gasteiger partial charge in [-0.1, -0.05) is 30.3 Å². The van der Waals surface area contributed by atoms with Gasteiger partial charge in [-0.2, -0.15) is 0 Å². The van der Waals surface area contributed by atoms with Gasteiger partial charge in [-0.25, -0.2) is 9.97 Å². The Morgan fingerprint density at radius 2 is 1.62 bits per heavy atom. The van der Waals surface area contributed by atoms with E-state index in [1.54, 1.807) is 11.8 Å². The van der Waals surface area contributed by atoms with Crippen LogP contribution in [0.4, 0.5) is 17.3 Å². The lowest BCUT2D eigenvalue weighted by Gasteiger charge is -2.36. The summed E-state index contributed by atoms with van der Waals surface area (Å²) >= 11 is 1.55. The average molecular weight is 406 g/mol. The minimum Gasteiger partial charge on any atom is -0.368 e. The predicted molar refractivity (Wildman–Crippen MR) is 119 cm³/mol. The van der Waals surface area contributed by atoms with Gasteiger partial charge in [-0.15, -0.1) is 11.8 Å². The highest BCUT2D eigenvalue weighted by Crippen LogP contribution is 2.23. The van der Waals surface area contributed by atoms with Crippen molar-refractivity contribution < 1.29 is 4.79 Å². The summed E-state index contributed by atoms with van der Waals surface area (Å²) in [6.45, 7) is 3.59. The number of benzene rings is 2. The Kier molecular flexibility index (Phi) is 5.95. The maximum atomic E-state index is 12.7. The largest absolute Gasteiger partial charge is 0.368 e. The summed E-state index contributed by atoms with van der Waals surface area (Å²) in [5, 5.41) is 2.91. The molecule has 0 bridgehead atoms. The molecule has 6 nitrogen and oxygen atoms in total. The summed E-state index contributed by atoms with van der Waals surface area (Å²) in [6, 6.07) is 19.9. The molecule has 0 spiro atoms. The number of nitrogens with zero attached hydrogens (tertiary/aromatic N) is 4. The van der Waals surface area contributed by atoms with Gasteiger partial charge in [0.2, 0.25) is 0 Å². The molecule has 3 aromatic rings. The van der Waals surface area contributed by atoms with E-state index in [2.05, 4.69) is 49.4 Å². The van der Waals surface area contributed by atoms with Gasteiger partial charge in [0.15, 0.2) is 0 Å². The van der Waals surface area contributed by atoms with Crippen LogP contribution in [0.25, 0.3) is 0 Å². The number of hydrogen-bond donors (Lipinski definition) is 1. The van der Waals surface area contributed by atoms with Crippen molar-refractivity contribution in [1.29, 1.82) is 0 Å². The van der Waals surface area contributed by atoms with E-state index in [-0.39, 0.29) is 5.91 Å². The SMILES string of the molecule is CSc1ccccc1C(=O)Nc1cc(N2CCN(c3ccccc3)CC2)ncn1. The fourth-order valence-corrected chi connectivity index (χ4v) is 4.03. The molecule has 0 atom stereocenters. The summed E-state index contributed by atoms with van der Waals surface area (Å²) in [5.41, 5.74) is 1.90. The van der Waals surface area contributed by atoms with Crippen LogP contribution in [-0.4, -0.2) is 48.3 Å². The summed E-state index contributed by atoms with van der Waals surface area (Å²) < 4.78 is 0. The Morgan fingerprint density at radius 1 is 0.931 bits per heavy atom. The second kappa shape index (κ2) is 8.96. The van der Waals surface area contributed by atoms with Crippen molar-refractivity contribution in [2.75, 3.05) is 47.6 Å². The summed E-state index contributed by atoms with van der Waals surface area (Å²) in [7, 11) is 0. The molecule has 1 aliphatic rings. The standard InChI is InChI=1S/C22H23N5OS/c1-29-19-10-6-5-9-18(19)22(28)25-20-15-21(24-16-23-20)27-13-11-26(12-14-27)17-7-3-2-4-8-17/h2-10,15-16H,11-14H2,1H3,(H,23,24,25,28). The smallest absolute Gasteiger partial charge is 0.257 e. The van der Waals surface area contributed by atoms with Crippen LogP contribution >= 0.6 is 11.8 Å². The number of aromatic nitrogens is 2. The third-order valence-corrected chi connectivity index (χ3v) is 5.77. The second-order valence-electron chi connectivity index (χ2n) is 6.73. The molecule has 0 unspecified atom stereocenters. The Morgan fingerprint density at radius 3 is 2.38 bits per heavy atom. The van der Waals surface area contributed by atoms with Crippen LogP contribution in [0.1, 0.15) is 10.4 Å². The van der Waals surface area contributed by atoms with Gasteiger partial charge in [0.25, 0.3) is 5.91 Å². The molecule has 29 heavy (non-hydrogen) atoms. The summed E-state index contributed by atoms with van der Waals surface area (Å²) in [4.78, 5) is 26.9. The van der Waals surface area contributed by atoms with Crippen molar-refractivity contribution in [3.8, 4) is 0 Å². The second-order valence-corrected chi connectivity index (χ2v) is 7.57. The third-order valence-electron chi connectivity index (χ3n) is 4.97. The number of carbonyl (C=O) groups is 1. The van der Waals surface area contributed by atoms with Crippen LogP contribution in [-0.2, 0) is 0 Å². The molecule has 0 radical (unpaired) electrons. The molecule has 0 saturated carbocycles. The van der Waals surface area contributed by atoms with Gasteiger partial charge >= 0.3 is 0 Å². The van der Waals surface area contributed by atoms with Crippen molar-refractivity contribution in [1.82, 2.24) is 9.97 Å². The first-order valence-corrected chi connectivity index (χ1v) is 10.8. The lowest BCUT2D eigenvalue weighted by molar-refractivity contribution is 0.102. The van der Waals surface area contributed by atoms with E-state index in [1.807, 2.05) is 42.7 Å². The fraction of sp³-hybridized carbons (Fsp3) is 0.227. The third kappa shape index (κ3) is 4.51. The first-order chi connectivity index (χ1) is 14.2. The number of piperazine rings is 1. The maximum absolute atomic E-state index is 12.7. The van der Waals surface area contributed by atoms with E-state index in [4.69, 9.17) is 0 Å². The Balaban J connectivity index is 1.42. The highest BCUT2D eigenvalue weighted by atomic mass is 32.2. The first-order valence-electron chi connectivity index (χ1n) is 9.56. The zero-order valence-corrected chi connectivity index (χ0v) is 17.1. The highest BCUT2D eigenvalue weighted by Gasteiger charge is 2.19. The molecule has 1 amide bonds. The number of para-hydroxylation sites is 1. The topological polar surface area (TPSA) is 61.4 Å². The minimum atomic E-state index is -0.159. The number of carbonyl (C=O) groups excluding carboxylic acids is 1. The van der Waals surface area contributed by atoms with Gasteiger partial charge < -0.3 is 15.1 Å².